The molecule has 116 valence electrons. The van der Waals surface area contributed by atoms with Crippen molar-refractivity contribution >= 4 is 46.6 Å². The first-order valence-electron chi connectivity index (χ1n) is 6.90. The third-order valence-electron chi connectivity index (χ3n) is 3.33. The largest absolute Gasteiger partial charge is 0.324 e. The van der Waals surface area contributed by atoms with Crippen molar-refractivity contribution < 1.29 is 4.79 Å². The summed E-state index contributed by atoms with van der Waals surface area (Å²) in [4.78, 5) is 12.2. The molecule has 0 radical (unpaired) electrons. The second kappa shape index (κ2) is 7.91. The fraction of sp³-hybridized carbons (Fsp3) is 0.235. The minimum atomic E-state index is -0.186. The Morgan fingerprint density at radius 2 is 1.91 bits per heavy atom. The lowest BCUT2D eigenvalue weighted by Crippen LogP contribution is -2.22. The van der Waals surface area contributed by atoms with Gasteiger partial charge in [-0.05, 0) is 37.1 Å². The van der Waals surface area contributed by atoms with Gasteiger partial charge in [0.1, 0.15) is 0 Å². The summed E-state index contributed by atoms with van der Waals surface area (Å²) in [5.41, 5.74) is 3.02. The van der Waals surface area contributed by atoms with E-state index in [9.17, 15) is 4.79 Å². The molecule has 0 aliphatic carbocycles. The minimum absolute atomic E-state index is 0.0808. The van der Waals surface area contributed by atoms with Crippen molar-refractivity contribution in [3.63, 3.8) is 0 Å². The molecule has 0 saturated heterocycles. The van der Waals surface area contributed by atoms with Gasteiger partial charge in [-0.1, -0.05) is 53.5 Å². The summed E-state index contributed by atoms with van der Waals surface area (Å²) in [6.07, 6.45) is 0. The van der Waals surface area contributed by atoms with Crippen LogP contribution < -0.4 is 5.32 Å². The summed E-state index contributed by atoms with van der Waals surface area (Å²) in [6, 6.07) is 13.4. The molecular formula is C17H17Cl2NOS. The van der Waals surface area contributed by atoms with Crippen molar-refractivity contribution in [2.45, 2.75) is 24.9 Å². The van der Waals surface area contributed by atoms with Crippen molar-refractivity contribution in [1.82, 2.24) is 0 Å². The van der Waals surface area contributed by atoms with Gasteiger partial charge in [-0.25, -0.2) is 0 Å². The van der Waals surface area contributed by atoms with E-state index in [-0.39, 0.29) is 11.2 Å². The van der Waals surface area contributed by atoms with Crippen molar-refractivity contribution in [2.75, 3.05) is 5.32 Å². The van der Waals surface area contributed by atoms with E-state index >= 15 is 0 Å². The van der Waals surface area contributed by atoms with E-state index in [2.05, 4.69) is 24.4 Å². The van der Waals surface area contributed by atoms with Crippen LogP contribution in [-0.2, 0) is 10.5 Å². The van der Waals surface area contributed by atoms with Gasteiger partial charge in [-0.3, -0.25) is 4.79 Å². The first kappa shape index (κ1) is 17.2. The standard InChI is InChI=1S/C17H17Cl2NOS/c1-11-6-3-4-7-13(11)10-22-12(2)17(21)20-15-9-5-8-14(18)16(15)19/h3-9,12H,10H2,1-2H3,(H,20,21). The predicted molar refractivity (Wildman–Crippen MR) is 97.0 cm³/mol. The Morgan fingerprint density at radius 3 is 2.64 bits per heavy atom. The van der Waals surface area contributed by atoms with Crippen LogP contribution in [0.3, 0.4) is 0 Å². The second-order valence-corrected chi connectivity index (χ2v) is 7.08. The maximum absolute atomic E-state index is 12.2. The number of anilines is 1. The van der Waals surface area contributed by atoms with Crippen LogP contribution in [0.25, 0.3) is 0 Å². The first-order valence-corrected chi connectivity index (χ1v) is 8.70. The summed E-state index contributed by atoms with van der Waals surface area (Å²) in [5, 5.41) is 3.44. The quantitative estimate of drug-likeness (QED) is 0.761. The van der Waals surface area contributed by atoms with Gasteiger partial charge in [-0.2, -0.15) is 0 Å². The Balaban J connectivity index is 1.95. The molecule has 0 aliphatic heterocycles. The van der Waals surface area contributed by atoms with Crippen LogP contribution in [0.1, 0.15) is 18.1 Å². The maximum Gasteiger partial charge on any atom is 0.237 e. The molecule has 0 saturated carbocycles. The van der Waals surface area contributed by atoms with E-state index in [4.69, 9.17) is 23.2 Å². The third kappa shape index (κ3) is 4.42. The molecule has 0 fully saturated rings. The number of thioether (sulfide) groups is 1. The van der Waals surface area contributed by atoms with Gasteiger partial charge in [0.25, 0.3) is 0 Å². The molecule has 2 aromatic rings. The molecule has 5 heteroatoms. The normalized spacial score (nSPS) is 12.0. The Labute approximate surface area is 145 Å². The number of hydrogen-bond donors (Lipinski definition) is 1. The molecule has 2 rings (SSSR count). The van der Waals surface area contributed by atoms with Crippen molar-refractivity contribution in [1.29, 1.82) is 0 Å². The molecule has 2 nitrogen and oxygen atoms in total. The minimum Gasteiger partial charge on any atom is -0.324 e. The Kier molecular flexibility index (Phi) is 6.18. The average molecular weight is 354 g/mol. The zero-order valence-corrected chi connectivity index (χ0v) is 14.7. The first-order chi connectivity index (χ1) is 10.5. The summed E-state index contributed by atoms with van der Waals surface area (Å²) >= 11 is 13.6. The molecule has 0 aliphatic rings. The Bertz CT molecular complexity index is 675. The van der Waals surface area contributed by atoms with Crippen molar-refractivity contribution in [3.05, 3.63) is 63.6 Å². The summed E-state index contributed by atoms with van der Waals surface area (Å²) < 4.78 is 0. The number of carbonyl (C=O) groups is 1. The lowest BCUT2D eigenvalue weighted by Gasteiger charge is -2.14. The van der Waals surface area contributed by atoms with Crippen LogP contribution in [0, 0.1) is 6.92 Å². The number of halogens is 2. The average Bonchev–Trinajstić information content (AvgIpc) is 2.50. The number of amides is 1. The van der Waals surface area contributed by atoms with Crippen molar-refractivity contribution in [3.8, 4) is 0 Å². The topological polar surface area (TPSA) is 29.1 Å². The van der Waals surface area contributed by atoms with Crippen LogP contribution in [0.4, 0.5) is 5.69 Å². The van der Waals surface area contributed by atoms with Gasteiger partial charge < -0.3 is 5.32 Å². The summed E-state index contributed by atoms with van der Waals surface area (Å²) in [5.74, 6) is 0.715. The monoisotopic (exact) mass is 353 g/mol. The third-order valence-corrected chi connectivity index (χ3v) is 5.34. The zero-order chi connectivity index (χ0) is 16.1. The lowest BCUT2D eigenvalue weighted by molar-refractivity contribution is -0.115. The van der Waals surface area contributed by atoms with E-state index < -0.39 is 0 Å². The Morgan fingerprint density at radius 1 is 1.18 bits per heavy atom. The number of benzene rings is 2. The predicted octanol–water partition coefficient (Wildman–Crippen LogP) is 5.56. The molecule has 1 amide bonds. The molecule has 0 aromatic heterocycles. The highest BCUT2D eigenvalue weighted by atomic mass is 35.5. The maximum atomic E-state index is 12.2. The number of aryl methyl sites for hydroxylation is 1. The molecule has 0 heterocycles. The van der Waals surface area contributed by atoms with E-state index in [1.807, 2.05) is 19.1 Å². The second-order valence-electron chi connectivity index (χ2n) is 4.97. The van der Waals surface area contributed by atoms with Gasteiger partial charge >= 0.3 is 0 Å². The van der Waals surface area contributed by atoms with Gasteiger partial charge in [0.2, 0.25) is 5.91 Å². The van der Waals surface area contributed by atoms with Gasteiger partial charge in [0.15, 0.2) is 0 Å². The Hall–Kier alpha value is -1.16. The van der Waals surface area contributed by atoms with E-state index in [0.717, 1.165) is 5.75 Å². The fourth-order valence-corrected chi connectivity index (χ4v) is 3.21. The van der Waals surface area contributed by atoms with Crippen LogP contribution in [-0.4, -0.2) is 11.2 Å². The van der Waals surface area contributed by atoms with E-state index in [1.54, 1.807) is 30.0 Å². The van der Waals surface area contributed by atoms with Crippen LogP contribution in [0.5, 0.6) is 0 Å². The summed E-state index contributed by atoms with van der Waals surface area (Å²) in [7, 11) is 0. The highest BCUT2D eigenvalue weighted by molar-refractivity contribution is 7.99. The van der Waals surface area contributed by atoms with Gasteiger partial charge in [0.05, 0.1) is 21.0 Å². The van der Waals surface area contributed by atoms with Crippen LogP contribution in [0.15, 0.2) is 42.5 Å². The lowest BCUT2D eigenvalue weighted by atomic mass is 10.1. The zero-order valence-electron chi connectivity index (χ0n) is 12.4. The van der Waals surface area contributed by atoms with Crippen molar-refractivity contribution in [2.24, 2.45) is 0 Å². The SMILES string of the molecule is Cc1ccccc1CSC(C)C(=O)Nc1cccc(Cl)c1Cl. The molecule has 0 spiro atoms. The van der Waals surface area contributed by atoms with E-state index in [1.165, 1.54) is 11.1 Å². The molecular weight excluding hydrogens is 337 g/mol. The molecule has 2 aromatic carbocycles. The van der Waals surface area contributed by atoms with Gasteiger partial charge in [-0.15, -0.1) is 11.8 Å². The molecule has 22 heavy (non-hydrogen) atoms. The highest BCUT2D eigenvalue weighted by Crippen LogP contribution is 2.30. The number of nitrogens with one attached hydrogen (secondary N) is 1. The fourth-order valence-electron chi connectivity index (χ4n) is 1.90. The molecule has 0 bridgehead atoms. The van der Waals surface area contributed by atoms with E-state index in [0.29, 0.717) is 15.7 Å². The molecule has 1 unspecified atom stereocenters. The van der Waals surface area contributed by atoms with Crippen LogP contribution in [0.2, 0.25) is 10.0 Å². The number of hydrogen-bond acceptors (Lipinski definition) is 2. The smallest absolute Gasteiger partial charge is 0.237 e. The summed E-state index contributed by atoms with van der Waals surface area (Å²) in [6.45, 7) is 3.96. The highest BCUT2D eigenvalue weighted by Gasteiger charge is 2.16. The van der Waals surface area contributed by atoms with Gasteiger partial charge in [0, 0.05) is 5.75 Å². The molecule has 1 atom stereocenters. The number of carbonyl (C=O) groups excluding carboxylic acids is 1. The number of rotatable bonds is 5. The van der Waals surface area contributed by atoms with Crippen LogP contribution >= 0.6 is 35.0 Å². The molecule has 1 N–H and O–H groups in total.